The maximum Gasteiger partial charge on any atom is 0.0614 e. The molecule has 3 nitrogen and oxygen atoms in total. The maximum atomic E-state index is 5.58. The molecular weight excluding hydrogens is 224 g/mol. The van der Waals surface area contributed by atoms with Crippen molar-refractivity contribution in [2.24, 2.45) is 0 Å². The van der Waals surface area contributed by atoms with Gasteiger partial charge >= 0.3 is 0 Å². The molecule has 0 atom stereocenters. The van der Waals surface area contributed by atoms with Crippen LogP contribution >= 0.6 is 0 Å². The van der Waals surface area contributed by atoms with Crippen LogP contribution in [0.4, 0.5) is 11.4 Å². The molecule has 1 aromatic carbocycles. The highest BCUT2D eigenvalue weighted by Gasteiger charge is 2.29. The number of nitrogens with zero attached hydrogens (tertiary/aromatic N) is 1. The van der Waals surface area contributed by atoms with Gasteiger partial charge in [-0.3, -0.25) is 0 Å². The largest absolute Gasteiger partial charge is 0.382 e. The third-order valence-electron chi connectivity index (χ3n) is 3.56. The molecule has 0 heterocycles. The Morgan fingerprint density at radius 1 is 1.33 bits per heavy atom. The van der Waals surface area contributed by atoms with Crippen molar-refractivity contribution in [1.29, 1.82) is 0 Å². The molecule has 1 saturated carbocycles. The van der Waals surface area contributed by atoms with Crippen LogP contribution in [0.3, 0.4) is 0 Å². The summed E-state index contributed by atoms with van der Waals surface area (Å²) in [6, 6.07) is 7.13. The minimum absolute atomic E-state index is 0.464. The van der Waals surface area contributed by atoms with Crippen molar-refractivity contribution in [1.82, 2.24) is 0 Å². The van der Waals surface area contributed by atoms with Gasteiger partial charge in [0.1, 0.15) is 0 Å². The molecule has 0 aliphatic heterocycles. The number of rotatable bonds is 5. The fraction of sp³-hybridized carbons (Fsp3) is 0.600. The van der Waals surface area contributed by atoms with Gasteiger partial charge in [0.2, 0.25) is 0 Å². The predicted molar refractivity (Wildman–Crippen MR) is 77.6 cm³/mol. The Morgan fingerprint density at radius 3 is 2.67 bits per heavy atom. The fourth-order valence-electron chi connectivity index (χ4n) is 2.47. The summed E-state index contributed by atoms with van der Waals surface area (Å²) >= 11 is 0. The van der Waals surface area contributed by atoms with E-state index in [9.17, 15) is 0 Å². The summed E-state index contributed by atoms with van der Waals surface area (Å²) in [6.07, 6.45) is 2.71. The fourth-order valence-corrected chi connectivity index (χ4v) is 2.47. The average Bonchev–Trinajstić information content (AvgIpc) is 2.28. The van der Waals surface area contributed by atoms with E-state index < -0.39 is 0 Å². The monoisotopic (exact) mass is 248 g/mol. The lowest BCUT2D eigenvalue weighted by atomic mass is 9.89. The van der Waals surface area contributed by atoms with E-state index in [-0.39, 0.29) is 0 Å². The molecule has 2 rings (SSSR count). The minimum atomic E-state index is 0.464. The van der Waals surface area contributed by atoms with Gasteiger partial charge < -0.3 is 15.0 Å². The highest BCUT2D eigenvalue weighted by Crippen LogP contribution is 2.29. The van der Waals surface area contributed by atoms with E-state index in [1.54, 1.807) is 0 Å². The van der Waals surface area contributed by atoms with Crippen molar-refractivity contribution in [3.8, 4) is 0 Å². The number of hydrogen-bond acceptors (Lipinski definition) is 3. The van der Waals surface area contributed by atoms with Crippen LogP contribution in [0.2, 0.25) is 0 Å². The van der Waals surface area contributed by atoms with Crippen molar-refractivity contribution >= 4 is 11.4 Å². The Kier molecular flexibility index (Phi) is 4.12. The summed E-state index contributed by atoms with van der Waals surface area (Å²) in [4.78, 5) is 2.16. The number of ether oxygens (including phenoxy) is 1. The predicted octanol–water partition coefficient (Wildman–Crippen LogP) is 3.04. The number of benzene rings is 1. The Hall–Kier alpha value is -1.22. The Morgan fingerprint density at radius 2 is 2.06 bits per heavy atom. The second-order valence-electron chi connectivity index (χ2n) is 5.29. The van der Waals surface area contributed by atoms with Gasteiger partial charge in [0, 0.05) is 38.1 Å². The first-order valence-corrected chi connectivity index (χ1v) is 6.76. The van der Waals surface area contributed by atoms with Crippen LogP contribution < -0.4 is 10.2 Å². The third-order valence-corrected chi connectivity index (χ3v) is 3.56. The van der Waals surface area contributed by atoms with Crippen molar-refractivity contribution in [3.05, 3.63) is 23.8 Å². The number of aryl methyl sites for hydroxylation is 1. The quantitative estimate of drug-likeness (QED) is 0.867. The molecule has 0 aromatic heterocycles. The summed E-state index contributed by atoms with van der Waals surface area (Å²) in [5.74, 6) is 0. The zero-order chi connectivity index (χ0) is 13.1. The van der Waals surface area contributed by atoms with E-state index >= 15 is 0 Å². The molecule has 1 N–H and O–H groups in total. The van der Waals surface area contributed by atoms with Crippen LogP contribution in [0.1, 0.15) is 25.3 Å². The summed E-state index contributed by atoms with van der Waals surface area (Å²) in [5.41, 5.74) is 3.80. The van der Waals surface area contributed by atoms with Crippen molar-refractivity contribution < 1.29 is 4.74 Å². The first kappa shape index (κ1) is 13.2. The summed E-state index contributed by atoms with van der Waals surface area (Å²) in [7, 11) is 4.17. The minimum Gasteiger partial charge on any atom is -0.382 e. The van der Waals surface area contributed by atoms with Crippen LogP contribution in [-0.2, 0) is 4.74 Å². The van der Waals surface area contributed by atoms with E-state index in [0.29, 0.717) is 12.1 Å². The van der Waals surface area contributed by atoms with Crippen LogP contribution in [0, 0.1) is 6.92 Å². The van der Waals surface area contributed by atoms with Gasteiger partial charge in [0.15, 0.2) is 0 Å². The molecule has 1 aromatic rings. The molecule has 1 aliphatic carbocycles. The molecule has 100 valence electrons. The summed E-state index contributed by atoms with van der Waals surface area (Å²) < 4.78 is 5.58. The zero-order valence-electron chi connectivity index (χ0n) is 11.9. The van der Waals surface area contributed by atoms with E-state index in [1.807, 2.05) is 0 Å². The van der Waals surface area contributed by atoms with Crippen molar-refractivity contribution in [2.45, 2.75) is 38.8 Å². The number of hydrogen-bond donors (Lipinski definition) is 1. The summed E-state index contributed by atoms with van der Waals surface area (Å²) in [5, 5.41) is 3.58. The SMILES string of the molecule is CCOC1CC(Nc2ccc(C)c(N(C)C)c2)C1. The van der Waals surface area contributed by atoms with Crippen LogP contribution in [0.5, 0.6) is 0 Å². The molecule has 0 bridgehead atoms. The van der Waals surface area contributed by atoms with Gasteiger partial charge in [-0.15, -0.1) is 0 Å². The highest BCUT2D eigenvalue weighted by molar-refractivity contribution is 5.62. The Labute approximate surface area is 110 Å². The molecular formula is C15H24N2O. The van der Waals surface area contributed by atoms with Crippen LogP contribution in [-0.4, -0.2) is 32.8 Å². The van der Waals surface area contributed by atoms with E-state index in [0.717, 1.165) is 19.4 Å². The summed E-state index contributed by atoms with van der Waals surface area (Å²) in [6.45, 7) is 5.03. The van der Waals surface area contributed by atoms with Crippen molar-refractivity contribution in [3.63, 3.8) is 0 Å². The lowest BCUT2D eigenvalue weighted by molar-refractivity contribution is 0.00299. The molecule has 1 aliphatic rings. The van der Waals surface area contributed by atoms with Crippen LogP contribution in [0.25, 0.3) is 0 Å². The number of nitrogens with one attached hydrogen (secondary N) is 1. The van der Waals surface area contributed by atoms with Gasteiger partial charge in [0.05, 0.1) is 6.10 Å². The third kappa shape index (κ3) is 2.96. The molecule has 0 unspecified atom stereocenters. The molecule has 1 fully saturated rings. The first-order chi connectivity index (χ1) is 8.60. The second-order valence-corrected chi connectivity index (χ2v) is 5.29. The lowest BCUT2D eigenvalue weighted by Gasteiger charge is -2.36. The highest BCUT2D eigenvalue weighted by atomic mass is 16.5. The first-order valence-electron chi connectivity index (χ1n) is 6.76. The van der Waals surface area contributed by atoms with Gasteiger partial charge in [-0.25, -0.2) is 0 Å². The molecule has 18 heavy (non-hydrogen) atoms. The molecule has 0 saturated heterocycles. The van der Waals surface area contributed by atoms with E-state index in [4.69, 9.17) is 4.74 Å². The van der Waals surface area contributed by atoms with Crippen molar-refractivity contribution in [2.75, 3.05) is 30.9 Å². The lowest BCUT2D eigenvalue weighted by Crippen LogP contribution is -2.40. The Balaban J connectivity index is 1.93. The number of anilines is 2. The smallest absolute Gasteiger partial charge is 0.0614 e. The van der Waals surface area contributed by atoms with Gasteiger partial charge in [-0.05, 0) is 44.4 Å². The standard InChI is InChI=1S/C15H24N2O/c1-5-18-14-8-13(9-14)16-12-7-6-11(2)15(10-12)17(3)4/h6-7,10,13-14,16H,5,8-9H2,1-4H3. The molecule has 3 heteroatoms. The van der Waals surface area contributed by atoms with Crippen LogP contribution in [0.15, 0.2) is 18.2 Å². The van der Waals surface area contributed by atoms with Gasteiger partial charge in [-0.2, -0.15) is 0 Å². The zero-order valence-corrected chi connectivity index (χ0v) is 11.9. The van der Waals surface area contributed by atoms with Gasteiger partial charge in [-0.1, -0.05) is 6.07 Å². The average molecular weight is 248 g/mol. The normalized spacial score (nSPS) is 22.4. The second kappa shape index (κ2) is 5.61. The van der Waals surface area contributed by atoms with Gasteiger partial charge in [0.25, 0.3) is 0 Å². The molecule has 0 radical (unpaired) electrons. The molecule has 0 amide bonds. The van der Waals surface area contributed by atoms with E-state index in [1.165, 1.54) is 16.9 Å². The maximum absolute atomic E-state index is 5.58. The Bertz CT molecular complexity index is 397. The van der Waals surface area contributed by atoms with E-state index in [2.05, 4.69) is 56.4 Å². The molecule has 0 spiro atoms. The topological polar surface area (TPSA) is 24.5 Å².